The Balaban J connectivity index is 2.69. The second kappa shape index (κ2) is 12.3. The summed E-state index contributed by atoms with van der Waals surface area (Å²) in [6, 6.07) is -2.49. The van der Waals surface area contributed by atoms with Crippen molar-refractivity contribution in [3.8, 4) is 0 Å². The van der Waals surface area contributed by atoms with Crippen LogP contribution in [0, 0.1) is 11.8 Å². The Labute approximate surface area is 183 Å². The minimum atomic E-state index is -1.13. The lowest BCUT2D eigenvalue weighted by Gasteiger charge is -2.26. The molecule has 10 heteroatoms. The van der Waals surface area contributed by atoms with Crippen LogP contribution in [0.1, 0.15) is 60.3 Å². The lowest BCUT2D eigenvalue weighted by atomic mass is 10.0. The largest absolute Gasteiger partial charge is 0.480 e. The van der Waals surface area contributed by atoms with Gasteiger partial charge in [-0.2, -0.15) is 0 Å². The fourth-order valence-corrected chi connectivity index (χ4v) is 3.62. The molecule has 176 valence electrons. The van der Waals surface area contributed by atoms with Gasteiger partial charge in [0.2, 0.25) is 23.6 Å². The molecule has 0 radical (unpaired) electrons. The van der Waals surface area contributed by atoms with Gasteiger partial charge in [-0.1, -0.05) is 27.7 Å². The Morgan fingerprint density at radius 2 is 1.55 bits per heavy atom. The van der Waals surface area contributed by atoms with Gasteiger partial charge in [-0.25, -0.2) is 4.79 Å². The summed E-state index contributed by atoms with van der Waals surface area (Å²) in [6.07, 6.45) is 1.89. The maximum absolute atomic E-state index is 12.7. The van der Waals surface area contributed by atoms with Gasteiger partial charge < -0.3 is 26.0 Å². The van der Waals surface area contributed by atoms with Gasteiger partial charge in [0.1, 0.15) is 18.1 Å². The third-order valence-corrected chi connectivity index (χ3v) is 5.06. The van der Waals surface area contributed by atoms with Crippen LogP contribution >= 0.6 is 0 Å². The van der Waals surface area contributed by atoms with Crippen LogP contribution in [0.2, 0.25) is 0 Å². The molecule has 1 saturated heterocycles. The SMILES string of the molecule is CC(=O)N1CCC[C@H]1C(=O)N[C@@H](CC(C)C)C(=O)NCC(=O)N[C@@H](CC(C)C)C(=O)O. The fraction of sp³-hybridized carbons (Fsp3) is 0.762. The first-order chi connectivity index (χ1) is 14.4. The molecule has 0 aromatic carbocycles. The maximum atomic E-state index is 12.7. The van der Waals surface area contributed by atoms with E-state index in [1.54, 1.807) is 0 Å². The summed E-state index contributed by atoms with van der Waals surface area (Å²) in [6.45, 7) is 9.03. The zero-order valence-corrected chi connectivity index (χ0v) is 19.1. The molecular formula is C21H36N4O6. The fourth-order valence-electron chi connectivity index (χ4n) is 3.62. The van der Waals surface area contributed by atoms with Crippen LogP contribution in [0.15, 0.2) is 0 Å². The standard InChI is InChI=1S/C21H36N4O6/c1-12(2)9-15(24-20(29)17-7-6-8-25(17)14(5)26)19(28)22-11-18(27)23-16(21(30)31)10-13(3)4/h12-13,15-17H,6-11H2,1-5H3,(H,22,28)(H,23,27)(H,24,29)(H,30,31)/t15-,16-,17-/m0/s1. The topological polar surface area (TPSA) is 145 Å². The number of hydrogen-bond acceptors (Lipinski definition) is 5. The third-order valence-electron chi connectivity index (χ3n) is 5.06. The molecule has 1 aliphatic heterocycles. The number of carbonyl (C=O) groups excluding carboxylic acids is 4. The van der Waals surface area contributed by atoms with Crippen LogP contribution in [-0.4, -0.2) is 70.8 Å². The van der Waals surface area contributed by atoms with Gasteiger partial charge in [-0.3, -0.25) is 19.2 Å². The summed E-state index contributed by atoms with van der Waals surface area (Å²) >= 11 is 0. The van der Waals surface area contributed by atoms with Gasteiger partial charge in [-0.05, 0) is 37.5 Å². The van der Waals surface area contributed by atoms with Crippen LogP contribution in [-0.2, 0) is 24.0 Å². The van der Waals surface area contributed by atoms with Crippen molar-refractivity contribution in [1.29, 1.82) is 0 Å². The van der Waals surface area contributed by atoms with Gasteiger partial charge in [0, 0.05) is 13.5 Å². The van der Waals surface area contributed by atoms with E-state index >= 15 is 0 Å². The predicted octanol–water partition coefficient (Wildman–Crippen LogP) is 0.260. The lowest BCUT2D eigenvalue weighted by Crippen LogP contribution is -2.54. The third kappa shape index (κ3) is 8.94. The van der Waals surface area contributed by atoms with Gasteiger partial charge in [0.15, 0.2) is 0 Å². The Bertz CT molecular complexity index is 679. The highest BCUT2D eigenvalue weighted by atomic mass is 16.4. The van der Waals surface area contributed by atoms with Crippen molar-refractivity contribution in [3.63, 3.8) is 0 Å². The molecule has 0 aromatic rings. The Morgan fingerprint density at radius 1 is 0.968 bits per heavy atom. The molecule has 1 aliphatic rings. The first kappa shape index (κ1) is 26.4. The van der Waals surface area contributed by atoms with Crippen molar-refractivity contribution < 1.29 is 29.1 Å². The number of aliphatic carboxylic acids is 1. The van der Waals surface area contributed by atoms with Crippen LogP contribution < -0.4 is 16.0 Å². The summed E-state index contributed by atoms with van der Waals surface area (Å²) in [5, 5.41) is 16.8. The van der Waals surface area contributed by atoms with Crippen LogP contribution in [0.5, 0.6) is 0 Å². The number of likely N-dealkylation sites (tertiary alicyclic amines) is 1. The number of carboxylic acid groups (broad SMARTS) is 1. The molecule has 0 bridgehead atoms. The summed E-state index contributed by atoms with van der Waals surface area (Å²) < 4.78 is 0. The number of carbonyl (C=O) groups is 5. The van der Waals surface area contributed by atoms with E-state index in [1.807, 2.05) is 27.7 Å². The number of rotatable bonds is 11. The second-order valence-corrected chi connectivity index (χ2v) is 8.87. The quantitative estimate of drug-likeness (QED) is 0.363. The molecule has 0 saturated carbocycles. The molecule has 4 N–H and O–H groups in total. The number of nitrogens with one attached hydrogen (secondary N) is 3. The molecule has 0 spiro atoms. The van der Waals surface area contributed by atoms with Crippen molar-refractivity contribution in [2.45, 2.75) is 78.4 Å². The Morgan fingerprint density at radius 3 is 2.06 bits per heavy atom. The summed E-state index contributed by atoms with van der Waals surface area (Å²) in [5.41, 5.74) is 0. The first-order valence-corrected chi connectivity index (χ1v) is 10.8. The summed E-state index contributed by atoms with van der Waals surface area (Å²) in [5.74, 6) is -2.68. The number of hydrogen-bond donors (Lipinski definition) is 4. The zero-order valence-electron chi connectivity index (χ0n) is 19.1. The average Bonchev–Trinajstić information content (AvgIpc) is 3.14. The van der Waals surface area contributed by atoms with E-state index in [-0.39, 0.29) is 30.1 Å². The molecular weight excluding hydrogens is 404 g/mol. The molecule has 1 heterocycles. The van der Waals surface area contributed by atoms with E-state index in [0.29, 0.717) is 19.4 Å². The minimum Gasteiger partial charge on any atom is -0.480 e. The van der Waals surface area contributed by atoms with Crippen LogP contribution in [0.25, 0.3) is 0 Å². The molecule has 1 rings (SSSR count). The highest BCUT2D eigenvalue weighted by molar-refractivity contribution is 5.93. The molecule has 3 atom stereocenters. The molecule has 1 fully saturated rings. The minimum absolute atomic E-state index is 0.0757. The van der Waals surface area contributed by atoms with Crippen molar-refractivity contribution in [2.75, 3.05) is 13.1 Å². The van der Waals surface area contributed by atoms with Gasteiger partial charge in [0.25, 0.3) is 0 Å². The van der Waals surface area contributed by atoms with E-state index in [9.17, 15) is 29.1 Å². The Kier molecular flexibility index (Phi) is 10.4. The monoisotopic (exact) mass is 440 g/mol. The normalized spacial score (nSPS) is 17.9. The predicted molar refractivity (Wildman–Crippen MR) is 114 cm³/mol. The zero-order chi connectivity index (χ0) is 23.7. The van der Waals surface area contributed by atoms with Crippen molar-refractivity contribution in [3.05, 3.63) is 0 Å². The highest BCUT2D eigenvalue weighted by Crippen LogP contribution is 2.18. The molecule has 31 heavy (non-hydrogen) atoms. The molecule has 4 amide bonds. The summed E-state index contributed by atoms with van der Waals surface area (Å²) in [4.78, 5) is 61.9. The van der Waals surface area contributed by atoms with E-state index in [0.717, 1.165) is 6.42 Å². The Hall–Kier alpha value is -2.65. The van der Waals surface area contributed by atoms with Crippen molar-refractivity contribution >= 4 is 29.6 Å². The van der Waals surface area contributed by atoms with Crippen molar-refractivity contribution in [1.82, 2.24) is 20.9 Å². The second-order valence-electron chi connectivity index (χ2n) is 8.87. The molecule has 0 unspecified atom stereocenters. The number of nitrogens with zero attached hydrogens (tertiary/aromatic N) is 1. The first-order valence-electron chi connectivity index (χ1n) is 10.8. The molecule has 0 aliphatic carbocycles. The van der Waals surface area contributed by atoms with Crippen molar-refractivity contribution in [2.24, 2.45) is 11.8 Å². The lowest BCUT2D eigenvalue weighted by molar-refractivity contribution is -0.142. The summed E-state index contributed by atoms with van der Waals surface area (Å²) in [7, 11) is 0. The average molecular weight is 441 g/mol. The number of carboxylic acids is 1. The van der Waals surface area contributed by atoms with Crippen LogP contribution in [0.4, 0.5) is 0 Å². The molecule has 10 nitrogen and oxygen atoms in total. The van der Waals surface area contributed by atoms with E-state index in [4.69, 9.17) is 0 Å². The molecule has 0 aromatic heterocycles. The highest BCUT2D eigenvalue weighted by Gasteiger charge is 2.34. The van der Waals surface area contributed by atoms with E-state index in [1.165, 1.54) is 11.8 Å². The van der Waals surface area contributed by atoms with Gasteiger partial charge in [-0.15, -0.1) is 0 Å². The van der Waals surface area contributed by atoms with Gasteiger partial charge >= 0.3 is 5.97 Å². The smallest absolute Gasteiger partial charge is 0.326 e. The van der Waals surface area contributed by atoms with Gasteiger partial charge in [0.05, 0.1) is 6.54 Å². The number of amides is 4. The van der Waals surface area contributed by atoms with E-state index < -0.39 is 42.5 Å². The van der Waals surface area contributed by atoms with Crippen LogP contribution in [0.3, 0.4) is 0 Å². The van der Waals surface area contributed by atoms with E-state index in [2.05, 4.69) is 16.0 Å². The maximum Gasteiger partial charge on any atom is 0.326 e.